The van der Waals surface area contributed by atoms with Crippen molar-refractivity contribution in [3.8, 4) is 5.75 Å². The average molecular weight is 336 g/mol. The van der Waals surface area contributed by atoms with Crippen molar-refractivity contribution in [2.45, 2.75) is 11.3 Å². The standard InChI is InChI=1S/C17H18ClNO2S/c18-14-6-8-16(9-7-14)22-13-10-17(20)19-11-12-21-15-4-2-1-3-5-15/h1-9H,10-13H2,(H,19,20). The molecule has 0 aliphatic carbocycles. The van der Waals surface area contributed by atoms with Crippen LogP contribution in [0.25, 0.3) is 0 Å². The number of carbonyl (C=O) groups excluding carboxylic acids is 1. The Morgan fingerprint density at radius 3 is 2.55 bits per heavy atom. The Morgan fingerprint density at radius 2 is 1.82 bits per heavy atom. The first-order valence-electron chi connectivity index (χ1n) is 7.07. The lowest BCUT2D eigenvalue weighted by atomic mass is 10.3. The van der Waals surface area contributed by atoms with Gasteiger partial charge in [-0.1, -0.05) is 29.8 Å². The van der Waals surface area contributed by atoms with E-state index in [1.54, 1.807) is 11.8 Å². The van der Waals surface area contributed by atoms with E-state index in [0.29, 0.717) is 19.6 Å². The molecular formula is C17H18ClNO2S. The zero-order valence-electron chi connectivity index (χ0n) is 12.1. The van der Waals surface area contributed by atoms with Crippen molar-refractivity contribution in [3.63, 3.8) is 0 Å². The summed E-state index contributed by atoms with van der Waals surface area (Å²) in [4.78, 5) is 12.8. The van der Waals surface area contributed by atoms with Crippen molar-refractivity contribution in [3.05, 3.63) is 59.6 Å². The Hall–Kier alpha value is -1.65. The molecule has 0 aliphatic heterocycles. The van der Waals surface area contributed by atoms with Crippen molar-refractivity contribution in [1.82, 2.24) is 5.32 Å². The molecule has 0 bridgehead atoms. The van der Waals surface area contributed by atoms with Crippen LogP contribution in [0.3, 0.4) is 0 Å². The molecule has 0 aromatic heterocycles. The fraction of sp³-hybridized carbons (Fsp3) is 0.235. The maximum Gasteiger partial charge on any atom is 0.220 e. The van der Waals surface area contributed by atoms with Crippen molar-refractivity contribution >= 4 is 29.3 Å². The fourth-order valence-corrected chi connectivity index (χ4v) is 2.73. The van der Waals surface area contributed by atoms with Gasteiger partial charge in [0.15, 0.2) is 0 Å². The molecule has 0 aliphatic rings. The number of para-hydroxylation sites is 1. The maximum absolute atomic E-state index is 11.7. The number of rotatable bonds is 8. The van der Waals surface area contributed by atoms with Crippen molar-refractivity contribution < 1.29 is 9.53 Å². The molecule has 2 rings (SSSR count). The van der Waals surface area contributed by atoms with Crippen LogP contribution in [-0.4, -0.2) is 24.8 Å². The molecule has 0 spiro atoms. The molecule has 1 amide bonds. The number of carbonyl (C=O) groups is 1. The van der Waals surface area contributed by atoms with E-state index in [4.69, 9.17) is 16.3 Å². The zero-order chi connectivity index (χ0) is 15.6. The predicted octanol–water partition coefficient (Wildman–Crippen LogP) is 4.02. The zero-order valence-corrected chi connectivity index (χ0v) is 13.7. The molecule has 0 unspecified atom stereocenters. The van der Waals surface area contributed by atoms with E-state index in [0.717, 1.165) is 21.4 Å². The van der Waals surface area contributed by atoms with Gasteiger partial charge in [0.2, 0.25) is 5.91 Å². The molecule has 0 atom stereocenters. The summed E-state index contributed by atoms with van der Waals surface area (Å²) in [5.74, 6) is 1.60. The number of nitrogens with one attached hydrogen (secondary N) is 1. The van der Waals surface area contributed by atoms with E-state index in [9.17, 15) is 4.79 Å². The SMILES string of the molecule is O=C(CCSc1ccc(Cl)cc1)NCCOc1ccccc1. The highest BCUT2D eigenvalue weighted by atomic mass is 35.5. The second-order valence-electron chi connectivity index (χ2n) is 4.56. The lowest BCUT2D eigenvalue weighted by molar-refractivity contribution is -0.120. The number of hydrogen-bond acceptors (Lipinski definition) is 3. The van der Waals surface area contributed by atoms with Crippen molar-refractivity contribution in [2.24, 2.45) is 0 Å². The Bertz CT molecular complexity index is 575. The van der Waals surface area contributed by atoms with Gasteiger partial charge in [0.1, 0.15) is 12.4 Å². The van der Waals surface area contributed by atoms with E-state index in [1.807, 2.05) is 54.6 Å². The molecule has 2 aromatic rings. The first kappa shape index (κ1) is 16.7. The monoisotopic (exact) mass is 335 g/mol. The van der Waals surface area contributed by atoms with Gasteiger partial charge < -0.3 is 10.1 Å². The van der Waals surface area contributed by atoms with Crippen molar-refractivity contribution in [1.29, 1.82) is 0 Å². The molecule has 0 saturated carbocycles. The lowest BCUT2D eigenvalue weighted by Crippen LogP contribution is -2.28. The highest BCUT2D eigenvalue weighted by molar-refractivity contribution is 7.99. The van der Waals surface area contributed by atoms with Gasteiger partial charge in [-0.15, -0.1) is 11.8 Å². The minimum absolute atomic E-state index is 0.0399. The van der Waals surface area contributed by atoms with Crippen LogP contribution in [-0.2, 0) is 4.79 Å². The quantitative estimate of drug-likeness (QED) is 0.585. The van der Waals surface area contributed by atoms with Gasteiger partial charge in [-0.2, -0.15) is 0 Å². The lowest BCUT2D eigenvalue weighted by Gasteiger charge is -2.07. The number of halogens is 1. The van der Waals surface area contributed by atoms with Gasteiger partial charge in [0.25, 0.3) is 0 Å². The minimum atomic E-state index is 0.0399. The second-order valence-corrected chi connectivity index (χ2v) is 6.17. The third-order valence-electron chi connectivity index (χ3n) is 2.85. The maximum atomic E-state index is 11.7. The van der Waals surface area contributed by atoms with Gasteiger partial charge in [-0.25, -0.2) is 0 Å². The van der Waals surface area contributed by atoms with E-state index in [1.165, 1.54) is 0 Å². The first-order valence-corrected chi connectivity index (χ1v) is 8.43. The molecule has 0 radical (unpaired) electrons. The molecule has 1 N–H and O–H groups in total. The summed E-state index contributed by atoms with van der Waals surface area (Å²) in [6.45, 7) is 0.986. The number of benzene rings is 2. The van der Waals surface area contributed by atoms with Crippen LogP contribution >= 0.6 is 23.4 Å². The Kier molecular flexibility index (Phi) is 7.13. The summed E-state index contributed by atoms with van der Waals surface area (Å²) in [6, 6.07) is 17.2. The Labute approximate surface area is 140 Å². The summed E-state index contributed by atoms with van der Waals surface area (Å²) in [5, 5.41) is 3.57. The normalized spacial score (nSPS) is 10.2. The van der Waals surface area contributed by atoms with Gasteiger partial charge in [-0.05, 0) is 36.4 Å². The number of thioether (sulfide) groups is 1. The molecule has 3 nitrogen and oxygen atoms in total. The summed E-state index contributed by atoms with van der Waals surface area (Å²) >= 11 is 7.47. The highest BCUT2D eigenvalue weighted by Gasteiger charge is 2.02. The predicted molar refractivity (Wildman–Crippen MR) is 91.7 cm³/mol. The summed E-state index contributed by atoms with van der Waals surface area (Å²) in [5.41, 5.74) is 0. The third kappa shape index (κ3) is 6.41. The van der Waals surface area contributed by atoms with Gasteiger partial charge in [-0.3, -0.25) is 4.79 Å². The topological polar surface area (TPSA) is 38.3 Å². The largest absolute Gasteiger partial charge is 0.492 e. The Balaban J connectivity index is 1.55. The smallest absolute Gasteiger partial charge is 0.220 e. The summed E-state index contributed by atoms with van der Waals surface area (Å²) < 4.78 is 5.51. The molecule has 5 heteroatoms. The summed E-state index contributed by atoms with van der Waals surface area (Å²) in [6.07, 6.45) is 0.485. The summed E-state index contributed by atoms with van der Waals surface area (Å²) in [7, 11) is 0. The molecular weight excluding hydrogens is 318 g/mol. The van der Waals surface area contributed by atoms with Crippen LogP contribution in [0.1, 0.15) is 6.42 Å². The van der Waals surface area contributed by atoms with E-state index >= 15 is 0 Å². The van der Waals surface area contributed by atoms with Gasteiger partial charge >= 0.3 is 0 Å². The molecule has 0 saturated heterocycles. The molecule has 0 heterocycles. The van der Waals surface area contributed by atoms with Crippen LogP contribution in [0, 0.1) is 0 Å². The van der Waals surface area contributed by atoms with Crippen LogP contribution in [0.5, 0.6) is 5.75 Å². The van der Waals surface area contributed by atoms with Crippen LogP contribution in [0.15, 0.2) is 59.5 Å². The molecule has 116 valence electrons. The second kappa shape index (κ2) is 9.38. The number of amides is 1. The van der Waals surface area contributed by atoms with Crippen LogP contribution in [0.4, 0.5) is 0 Å². The minimum Gasteiger partial charge on any atom is -0.492 e. The first-order chi connectivity index (χ1) is 10.7. The van der Waals surface area contributed by atoms with E-state index < -0.39 is 0 Å². The van der Waals surface area contributed by atoms with Crippen LogP contribution in [0.2, 0.25) is 5.02 Å². The van der Waals surface area contributed by atoms with Crippen molar-refractivity contribution in [2.75, 3.05) is 18.9 Å². The van der Waals surface area contributed by atoms with Gasteiger partial charge in [0, 0.05) is 22.1 Å². The Morgan fingerprint density at radius 1 is 1.09 bits per heavy atom. The van der Waals surface area contributed by atoms with E-state index in [2.05, 4.69) is 5.32 Å². The highest BCUT2D eigenvalue weighted by Crippen LogP contribution is 2.20. The van der Waals surface area contributed by atoms with Crippen LogP contribution < -0.4 is 10.1 Å². The van der Waals surface area contributed by atoms with E-state index in [-0.39, 0.29) is 5.91 Å². The molecule has 22 heavy (non-hydrogen) atoms. The van der Waals surface area contributed by atoms with Gasteiger partial charge in [0.05, 0.1) is 6.54 Å². The molecule has 0 fully saturated rings. The fourth-order valence-electron chi connectivity index (χ4n) is 1.76. The average Bonchev–Trinajstić information content (AvgIpc) is 2.54. The number of hydrogen-bond donors (Lipinski definition) is 1. The molecule has 2 aromatic carbocycles. The number of ether oxygens (including phenoxy) is 1. The third-order valence-corrected chi connectivity index (χ3v) is 4.11.